The van der Waals surface area contributed by atoms with Crippen molar-refractivity contribution in [1.29, 1.82) is 0 Å². The van der Waals surface area contributed by atoms with E-state index in [1.54, 1.807) is 4.90 Å². The third kappa shape index (κ3) is 3.70. The lowest BCUT2D eigenvalue weighted by Crippen LogP contribution is -2.35. The number of rotatable bonds is 1. The minimum Gasteiger partial charge on any atom is -0.444 e. The Labute approximate surface area is 114 Å². The van der Waals surface area contributed by atoms with Crippen molar-refractivity contribution < 1.29 is 14.3 Å². The van der Waals surface area contributed by atoms with Crippen LogP contribution in [-0.2, 0) is 9.47 Å². The van der Waals surface area contributed by atoms with Gasteiger partial charge < -0.3 is 9.47 Å². The van der Waals surface area contributed by atoms with Crippen molar-refractivity contribution >= 4 is 6.09 Å². The van der Waals surface area contributed by atoms with E-state index in [1.807, 2.05) is 45.9 Å². The Morgan fingerprint density at radius 1 is 1.42 bits per heavy atom. The molecule has 1 aromatic rings. The van der Waals surface area contributed by atoms with Crippen LogP contribution in [0.1, 0.15) is 38.0 Å². The van der Waals surface area contributed by atoms with E-state index >= 15 is 0 Å². The van der Waals surface area contributed by atoms with Crippen LogP contribution in [0.4, 0.5) is 4.79 Å². The Morgan fingerprint density at radius 3 is 2.79 bits per heavy atom. The van der Waals surface area contributed by atoms with E-state index in [0.717, 1.165) is 5.56 Å². The number of nitrogens with zero attached hydrogens (tertiary/aromatic N) is 1. The molecule has 4 nitrogen and oxygen atoms in total. The highest BCUT2D eigenvalue weighted by atomic mass is 16.6. The number of hydrogen-bond donors (Lipinski definition) is 0. The first kappa shape index (κ1) is 13.9. The van der Waals surface area contributed by atoms with E-state index in [2.05, 4.69) is 6.07 Å². The molecule has 0 saturated carbocycles. The Kier molecular flexibility index (Phi) is 3.80. The van der Waals surface area contributed by atoms with Crippen molar-refractivity contribution in [2.75, 3.05) is 13.3 Å². The molecule has 0 spiro atoms. The maximum Gasteiger partial charge on any atom is 0.412 e. The summed E-state index contributed by atoms with van der Waals surface area (Å²) in [6, 6.07) is 8.16. The molecular formula is C15H21NO3. The van der Waals surface area contributed by atoms with Gasteiger partial charge in [0.05, 0.1) is 6.54 Å². The zero-order valence-corrected chi connectivity index (χ0v) is 12.0. The summed E-state index contributed by atoms with van der Waals surface area (Å²) in [7, 11) is 0. The van der Waals surface area contributed by atoms with Crippen LogP contribution in [0.5, 0.6) is 0 Å². The minimum atomic E-state index is -0.474. The van der Waals surface area contributed by atoms with Gasteiger partial charge in [-0.2, -0.15) is 0 Å². The van der Waals surface area contributed by atoms with Crippen LogP contribution >= 0.6 is 0 Å². The summed E-state index contributed by atoms with van der Waals surface area (Å²) in [6.07, 6.45) is -0.380. The fourth-order valence-corrected chi connectivity index (χ4v) is 2.01. The molecule has 0 radical (unpaired) electrons. The maximum atomic E-state index is 11.9. The van der Waals surface area contributed by atoms with Crippen LogP contribution in [-0.4, -0.2) is 29.9 Å². The molecule has 0 aliphatic carbocycles. The summed E-state index contributed by atoms with van der Waals surface area (Å²) < 4.78 is 11.0. The largest absolute Gasteiger partial charge is 0.444 e. The average molecular weight is 263 g/mol. The zero-order valence-electron chi connectivity index (χ0n) is 12.0. The number of carbonyl (C=O) groups is 1. The molecule has 1 aromatic carbocycles. The number of aryl methyl sites for hydroxylation is 1. The van der Waals surface area contributed by atoms with Gasteiger partial charge in [-0.05, 0) is 33.3 Å². The van der Waals surface area contributed by atoms with Crippen molar-refractivity contribution in [3.8, 4) is 0 Å². The quantitative estimate of drug-likeness (QED) is 0.780. The monoisotopic (exact) mass is 263 g/mol. The zero-order chi connectivity index (χ0) is 14.0. The summed E-state index contributed by atoms with van der Waals surface area (Å²) in [6.45, 7) is 8.45. The normalized spacial score (nSPS) is 19.6. The standard InChI is InChI=1S/C15H21NO3/c1-11-6-5-7-12(8-11)13-9-16(10-18-13)14(17)19-15(2,3)4/h5-8,13H,9-10H2,1-4H3. The highest BCUT2D eigenvalue weighted by molar-refractivity contribution is 5.68. The minimum absolute atomic E-state index is 0.0626. The lowest BCUT2D eigenvalue weighted by molar-refractivity contribution is 0.0185. The molecule has 1 saturated heterocycles. The van der Waals surface area contributed by atoms with E-state index in [-0.39, 0.29) is 18.9 Å². The Bertz CT molecular complexity index is 465. The second-order valence-corrected chi connectivity index (χ2v) is 5.90. The van der Waals surface area contributed by atoms with E-state index in [4.69, 9.17) is 9.47 Å². The average Bonchev–Trinajstić information content (AvgIpc) is 2.75. The Morgan fingerprint density at radius 2 is 2.16 bits per heavy atom. The second kappa shape index (κ2) is 5.21. The van der Waals surface area contributed by atoms with Crippen LogP contribution in [0, 0.1) is 6.92 Å². The third-order valence-electron chi connectivity index (χ3n) is 2.88. The molecule has 0 bridgehead atoms. The predicted octanol–water partition coefficient (Wildman–Crippen LogP) is 3.26. The Balaban J connectivity index is 1.98. The number of amides is 1. The van der Waals surface area contributed by atoms with Crippen molar-refractivity contribution in [2.24, 2.45) is 0 Å². The summed E-state index contributed by atoms with van der Waals surface area (Å²) in [5.74, 6) is 0. The van der Waals surface area contributed by atoms with Crippen LogP contribution in [0.25, 0.3) is 0 Å². The van der Waals surface area contributed by atoms with E-state index in [1.165, 1.54) is 5.56 Å². The van der Waals surface area contributed by atoms with Crippen molar-refractivity contribution in [2.45, 2.75) is 39.4 Å². The summed E-state index contributed by atoms with van der Waals surface area (Å²) in [5, 5.41) is 0. The third-order valence-corrected chi connectivity index (χ3v) is 2.88. The predicted molar refractivity (Wildman–Crippen MR) is 72.8 cm³/mol. The van der Waals surface area contributed by atoms with Gasteiger partial charge in [-0.25, -0.2) is 4.79 Å². The molecule has 1 aliphatic rings. The van der Waals surface area contributed by atoms with Gasteiger partial charge in [-0.3, -0.25) is 4.90 Å². The van der Waals surface area contributed by atoms with E-state index in [0.29, 0.717) is 6.54 Å². The van der Waals surface area contributed by atoms with Gasteiger partial charge in [-0.1, -0.05) is 29.8 Å². The SMILES string of the molecule is Cc1cccc(C2CN(C(=O)OC(C)(C)C)CO2)c1. The molecule has 0 aromatic heterocycles. The smallest absolute Gasteiger partial charge is 0.412 e. The van der Waals surface area contributed by atoms with Gasteiger partial charge in [0, 0.05) is 0 Å². The maximum absolute atomic E-state index is 11.9. The molecule has 2 rings (SSSR count). The lowest BCUT2D eigenvalue weighted by Gasteiger charge is -2.23. The first-order chi connectivity index (χ1) is 8.85. The summed E-state index contributed by atoms with van der Waals surface area (Å²) in [4.78, 5) is 13.5. The molecule has 0 N–H and O–H groups in total. The van der Waals surface area contributed by atoms with Gasteiger partial charge in [0.2, 0.25) is 0 Å². The summed E-state index contributed by atoms with van der Waals surface area (Å²) in [5.41, 5.74) is 1.82. The Hall–Kier alpha value is -1.55. The van der Waals surface area contributed by atoms with Crippen LogP contribution in [0.3, 0.4) is 0 Å². The molecule has 1 heterocycles. The first-order valence-electron chi connectivity index (χ1n) is 6.51. The fourth-order valence-electron chi connectivity index (χ4n) is 2.01. The van der Waals surface area contributed by atoms with Gasteiger partial charge in [0.25, 0.3) is 0 Å². The molecule has 1 atom stereocenters. The molecule has 19 heavy (non-hydrogen) atoms. The number of benzene rings is 1. The highest BCUT2D eigenvalue weighted by Gasteiger charge is 2.31. The number of carbonyl (C=O) groups excluding carboxylic acids is 1. The molecule has 104 valence electrons. The molecule has 1 amide bonds. The van der Waals surface area contributed by atoms with Crippen LogP contribution < -0.4 is 0 Å². The van der Waals surface area contributed by atoms with Gasteiger partial charge in [0.1, 0.15) is 18.4 Å². The van der Waals surface area contributed by atoms with Gasteiger partial charge >= 0.3 is 6.09 Å². The molecule has 1 aliphatic heterocycles. The molecular weight excluding hydrogens is 242 g/mol. The van der Waals surface area contributed by atoms with E-state index in [9.17, 15) is 4.79 Å². The van der Waals surface area contributed by atoms with Crippen LogP contribution in [0.15, 0.2) is 24.3 Å². The molecule has 1 fully saturated rings. The molecule has 1 unspecified atom stereocenters. The van der Waals surface area contributed by atoms with Gasteiger partial charge in [0.15, 0.2) is 0 Å². The molecule has 4 heteroatoms. The van der Waals surface area contributed by atoms with Gasteiger partial charge in [-0.15, -0.1) is 0 Å². The number of ether oxygens (including phenoxy) is 2. The lowest BCUT2D eigenvalue weighted by atomic mass is 10.1. The fraction of sp³-hybridized carbons (Fsp3) is 0.533. The summed E-state index contributed by atoms with van der Waals surface area (Å²) >= 11 is 0. The first-order valence-corrected chi connectivity index (χ1v) is 6.51. The van der Waals surface area contributed by atoms with Crippen molar-refractivity contribution in [3.63, 3.8) is 0 Å². The van der Waals surface area contributed by atoms with E-state index < -0.39 is 5.60 Å². The number of hydrogen-bond acceptors (Lipinski definition) is 3. The van der Waals surface area contributed by atoms with Crippen molar-refractivity contribution in [1.82, 2.24) is 4.90 Å². The second-order valence-electron chi connectivity index (χ2n) is 5.90. The van der Waals surface area contributed by atoms with Crippen molar-refractivity contribution in [3.05, 3.63) is 35.4 Å². The van der Waals surface area contributed by atoms with Crippen LogP contribution in [0.2, 0.25) is 0 Å². The topological polar surface area (TPSA) is 38.8 Å². The highest BCUT2D eigenvalue weighted by Crippen LogP contribution is 2.26.